The summed E-state index contributed by atoms with van der Waals surface area (Å²) in [6.07, 6.45) is 6.75. The summed E-state index contributed by atoms with van der Waals surface area (Å²) >= 11 is 6.13. The normalized spacial score (nSPS) is 41.3. The van der Waals surface area contributed by atoms with E-state index in [0.717, 1.165) is 24.8 Å². The van der Waals surface area contributed by atoms with Crippen molar-refractivity contribution in [2.45, 2.75) is 44.4 Å². The van der Waals surface area contributed by atoms with Crippen LogP contribution in [0.3, 0.4) is 0 Å². The Balaban J connectivity index is 1.52. The number of nitrogens with zero attached hydrogens (tertiary/aromatic N) is 2. The van der Waals surface area contributed by atoms with Crippen molar-refractivity contribution in [3.63, 3.8) is 0 Å². The number of nitriles is 2. The van der Waals surface area contributed by atoms with E-state index in [-0.39, 0.29) is 17.1 Å². The molecule has 5 fully saturated rings. The molecule has 1 aromatic rings. The first-order valence-electron chi connectivity index (χ1n) is 9.63. The first-order valence-corrected chi connectivity index (χ1v) is 10.0. The average molecular weight is 365 g/mol. The third-order valence-electron chi connectivity index (χ3n) is 7.63. The van der Waals surface area contributed by atoms with Crippen LogP contribution < -0.4 is 0 Å². The van der Waals surface area contributed by atoms with Crippen molar-refractivity contribution < 1.29 is 4.79 Å². The molecule has 1 aromatic carbocycles. The van der Waals surface area contributed by atoms with E-state index in [1.807, 2.05) is 18.2 Å². The number of carbonyl (C=O) groups is 1. The first kappa shape index (κ1) is 16.3. The molecule has 5 aliphatic rings. The molecule has 4 bridgehead atoms. The fourth-order valence-corrected chi connectivity index (χ4v) is 7.15. The molecule has 6 rings (SSSR count). The Morgan fingerprint density at radius 3 is 2.12 bits per heavy atom. The van der Waals surface area contributed by atoms with Crippen molar-refractivity contribution in [3.8, 4) is 12.1 Å². The number of carbonyl (C=O) groups excluding carboxylic acids is 1. The van der Waals surface area contributed by atoms with Gasteiger partial charge in [0.25, 0.3) is 0 Å². The largest absolute Gasteiger partial charge is 0.299 e. The summed E-state index contributed by atoms with van der Waals surface area (Å²) in [5.74, 6) is 1.39. The topological polar surface area (TPSA) is 64.7 Å². The second-order valence-corrected chi connectivity index (χ2v) is 9.60. The van der Waals surface area contributed by atoms with Gasteiger partial charge in [0.2, 0.25) is 0 Å². The van der Waals surface area contributed by atoms with E-state index in [1.165, 1.54) is 19.3 Å². The van der Waals surface area contributed by atoms with Crippen molar-refractivity contribution in [2.24, 2.45) is 34.5 Å². The third kappa shape index (κ3) is 2.07. The van der Waals surface area contributed by atoms with Crippen LogP contribution in [0.4, 0.5) is 0 Å². The van der Waals surface area contributed by atoms with Gasteiger partial charge in [-0.2, -0.15) is 10.5 Å². The van der Waals surface area contributed by atoms with Crippen LogP contribution in [0.5, 0.6) is 0 Å². The summed E-state index contributed by atoms with van der Waals surface area (Å²) in [6, 6.07) is 11.7. The van der Waals surface area contributed by atoms with Crippen molar-refractivity contribution in [1.29, 1.82) is 10.5 Å². The molecule has 0 spiro atoms. The predicted molar refractivity (Wildman–Crippen MR) is 97.0 cm³/mol. The zero-order valence-electron chi connectivity index (χ0n) is 14.6. The molecule has 0 aliphatic heterocycles. The van der Waals surface area contributed by atoms with Gasteiger partial charge in [-0.05, 0) is 74.0 Å². The van der Waals surface area contributed by atoms with Crippen LogP contribution in [0.1, 0.15) is 50.0 Å². The SMILES string of the molecule is N#CC1(C#N)[C@@H](C(=O)C23CC4CC(CC(C4)C2)C3)[C@@H]1c1cccc(Cl)c1. The Kier molecular flexibility index (Phi) is 3.35. The zero-order valence-corrected chi connectivity index (χ0v) is 15.4. The van der Waals surface area contributed by atoms with Crippen LogP contribution in [-0.4, -0.2) is 5.78 Å². The molecule has 132 valence electrons. The third-order valence-corrected chi connectivity index (χ3v) is 7.86. The molecule has 0 aromatic heterocycles. The van der Waals surface area contributed by atoms with Crippen LogP contribution >= 0.6 is 11.6 Å². The summed E-state index contributed by atoms with van der Waals surface area (Å²) in [7, 11) is 0. The van der Waals surface area contributed by atoms with Gasteiger partial charge in [0, 0.05) is 16.4 Å². The average Bonchev–Trinajstić information content (AvgIpc) is 3.29. The quantitative estimate of drug-likeness (QED) is 0.768. The second-order valence-electron chi connectivity index (χ2n) is 9.17. The first-order chi connectivity index (χ1) is 12.5. The van der Waals surface area contributed by atoms with Crippen LogP contribution in [0.25, 0.3) is 0 Å². The minimum absolute atomic E-state index is 0.199. The van der Waals surface area contributed by atoms with Gasteiger partial charge in [-0.15, -0.1) is 0 Å². The minimum Gasteiger partial charge on any atom is -0.299 e. The number of halogens is 1. The number of rotatable bonds is 3. The highest BCUT2D eigenvalue weighted by molar-refractivity contribution is 6.30. The van der Waals surface area contributed by atoms with Crippen molar-refractivity contribution in [1.82, 2.24) is 0 Å². The van der Waals surface area contributed by atoms with Gasteiger partial charge < -0.3 is 0 Å². The van der Waals surface area contributed by atoms with Gasteiger partial charge in [-0.1, -0.05) is 23.7 Å². The lowest BCUT2D eigenvalue weighted by atomic mass is 9.48. The Bertz CT molecular complexity index is 828. The smallest absolute Gasteiger partial charge is 0.161 e. The molecule has 5 aliphatic carbocycles. The van der Waals surface area contributed by atoms with E-state index in [1.54, 1.807) is 6.07 Å². The molecule has 0 amide bonds. The fraction of sp³-hybridized carbons (Fsp3) is 0.591. The lowest BCUT2D eigenvalue weighted by Gasteiger charge is -2.56. The Hall–Kier alpha value is -1.84. The van der Waals surface area contributed by atoms with E-state index in [4.69, 9.17) is 11.6 Å². The van der Waals surface area contributed by atoms with E-state index < -0.39 is 11.3 Å². The lowest BCUT2D eigenvalue weighted by molar-refractivity contribution is -0.145. The number of benzene rings is 1. The lowest BCUT2D eigenvalue weighted by Crippen LogP contribution is -2.50. The molecule has 4 heteroatoms. The van der Waals surface area contributed by atoms with Crippen molar-refractivity contribution in [3.05, 3.63) is 34.9 Å². The maximum atomic E-state index is 13.7. The highest BCUT2D eigenvalue weighted by Gasteiger charge is 2.73. The Labute approximate surface area is 158 Å². The van der Waals surface area contributed by atoms with Gasteiger partial charge >= 0.3 is 0 Å². The van der Waals surface area contributed by atoms with Crippen LogP contribution in [0, 0.1) is 57.2 Å². The van der Waals surface area contributed by atoms with Gasteiger partial charge in [0.15, 0.2) is 5.41 Å². The molecule has 0 heterocycles. The number of Topliss-reactive ketones (excluding diaryl/α,β-unsaturated/α-hetero) is 1. The molecular weight excluding hydrogens is 344 g/mol. The van der Waals surface area contributed by atoms with Crippen LogP contribution in [-0.2, 0) is 4.79 Å². The van der Waals surface area contributed by atoms with E-state index in [0.29, 0.717) is 22.8 Å². The van der Waals surface area contributed by atoms with Crippen LogP contribution in [0.2, 0.25) is 5.02 Å². The monoisotopic (exact) mass is 364 g/mol. The van der Waals surface area contributed by atoms with E-state index >= 15 is 0 Å². The highest BCUT2D eigenvalue weighted by atomic mass is 35.5. The second kappa shape index (κ2) is 5.34. The van der Waals surface area contributed by atoms with Gasteiger partial charge in [-0.3, -0.25) is 4.79 Å². The van der Waals surface area contributed by atoms with Crippen molar-refractivity contribution in [2.75, 3.05) is 0 Å². The summed E-state index contributed by atoms with van der Waals surface area (Å²) in [5, 5.41) is 20.2. The number of hydrogen-bond donors (Lipinski definition) is 0. The maximum absolute atomic E-state index is 13.7. The molecular formula is C22H21ClN2O. The molecule has 0 unspecified atom stereocenters. The summed E-state index contributed by atoms with van der Waals surface area (Å²) in [5.41, 5.74) is -0.639. The molecule has 3 nitrogen and oxygen atoms in total. The summed E-state index contributed by atoms with van der Waals surface area (Å²) < 4.78 is 0. The molecule has 0 saturated heterocycles. The number of hydrogen-bond acceptors (Lipinski definition) is 3. The van der Waals surface area contributed by atoms with Gasteiger partial charge in [0.05, 0.1) is 18.1 Å². The maximum Gasteiger partial charge on any atom is 0.161 e. The Morgan fingerprint density at radius 2 is 1.62 bits per heavy atom. The van der Waals surface area contributed by atoms with Gasteiger partial charge in [0.1, 0.15) is 5.78 Å². The number of ketones is 1. The van der Waals surface area contributed by atoms with Gasteiger partial charge in [-0.25, -0.2) is 0 Å². The van der Waals surface area contributed by atoms with E-state index in [2.05, 4.69) is 12.1 Å². The fourth-order valence-electron chi connectivity index (χ4n) is 6.95. The highest BCUT2D eigenvalue weighted by Crippen LogP contribution is 2.70. The molecule has 0 radical (unpaired) electrons. The molecule has 0 N–H and O–H groups in total. The summed E-state index contributed by atoms with van der Waals surface area (Å²) in [4.78, 5) is 13.7. The standard InChI is InChI=1S/C22H21ClN2O/c23-17-3-1-2-16(7-17)18-19(22(18,11-24)12-25)20(26)21-8-13-4-14(9-21)6-15(5-13)10-21/h1-3,7,13-15,18-19H,4-6,8-10H2/t13?,14?,15?,18-,19+,21?/m0/s1. The molecule has 26 heavy (non-hydrogen) atoms. The van der Waals surface area contributed by atoms with E-state index in [9.17, 15) is 15.3 Å². The minimum atomic E-state index is -1.22. The van der Waals surface area contributed by atoms with Crippen molar-refractivity contribution >= 4 is 17.4 Å². The summed E-state index contributed by atoms with van der Waals surface area (Å²) in [6.45, 7) is 0. The zero-order chi connectivity index (χ0) is 18.1. The Morgan fingerprint density at radius 1 is 1.04 bits per heavy atom. The van der Waals surface area contributed by atoms with Crippen LogP contribution in [0.15, 0.2) is 24.3 Å². The molecule has 2 atom stereocenters. The predicted octanol–water partition coefficient (Wildman–Crippen LogP) is 4.87. The molecule has 5 saturated carbocycles.